The van der Waals surface area contributed by atoms with Crippen molar-refractivity contribution in [3.63, 3.8) is 0 Å². The molecule has 23 heavy (non-hydrogen) atoms. The first-order valence-corrected chi connectivity index (χ1v) is 7.87. The zero-order chi connectivity index (χ0) is 16.1. The Morgan fingerprint density at radius 1 is 1.09 bits per heavy atom. The Bertz CT molecular complexity index is 666. The lowest BCUT2D eigenvalue weighted by molar-refractivity contribution is 0.0487. The molecule has 0 aromatic heterocycles. The summed E-state index contributed by atoms with van der Waals surface area (Å²) in [6.07, 6.45) is 1.72. The van der Waals surface area contributed by atoms with Gasteiger partial charge in [-0.25, -0.2) is 4.39 Å². The van der Waals surface area contributed by atoms with Crippen molar-refractivity contribution in [2.75, 3.05) is 19.8 Å². The van der Waals surface area contributed by atoms with Gasteiger partial charge in [-0.2, -0.15) is 0 Å². The van der Waals surface area contributed by atoms with Gasteiger partial charge in [0.15, 0.2) is 0 Å². The molecular formula is C19H20FNO2. The van der Waals surface area contributed by atoms with Gasteiger partial charge >= 0.3 is 0 Å². The van der Waals surface area contributed by atoms with E-state index in [0.29, 0.717) is 25.3 Å². The molecule has 120 valence electrons. The lowest BCUT2D eigenvalue weighted by Crippen LogP contribution is -2.44. The molecule has 1 saturated heterocycles. The average Bonchev–Trinajstić information content (AvgIpc) is 2.61. The molecule has 2 aromatic carbocycles. The predicted molar refractivity (Wildman–Crippen MR) is 86.9 cm³/mol. The molecule has 0 atom stereocenters. The maximum Gasteiger partial charge on any atom is 0.251 e. The van der Waals surface area contributed by atoms with Crippen LogP contribution in [-0.2, 0) is 10.2 Å². The molecule has 1 aliphatic heterocycles. The average molecular weight is 313 g/mol. The molecule has 4 heteroatoms. The van der Waals surface area contributed by atoms with Crippen LogP contribution in [0.2, 0.25) is 0 Å². The van der Waals surface area contributed by atoms with Gasteiger partial charge in [0.2, 0.25) is 0 Å². The predicted octanol–water partition coefficient (Wildman–Crippen LogP) is 3.30. The van der Waals surface area contributed by atoms with E-state index < -0.39 is 5.82 Å². The molecule has 3 rings (SSSR count). The molecule has 1 fully saturated rings. The van der Waals surface area contributed by atoms with E-state index in [1.54, 1.807) is 12.1 Å². The Balaban J connectivity index is 1.76. The number of ether oxygens (including phenoxy) is 1. The summed E-state index contributed by atoms with van der Waals surface area (Å²) >= 11 is 0. The third-order valence-electron chi connectivity index (χ3n) is 4.51. The normalized spacial score (nSPS) is 16.7. The Labute approximate surface area is 135 Å². The zero-order valence-corrected chi connectivity index (χ0v) is 12.9. The monoisotopic (exact) mass is 313 g/mol. The van der Waals surface area contributed by atoms with Crippen molar-refractivity contribution >= 4 is 5.91 Å². The molecule has 0 saturated carbocycles. The summed E-state index contributed by atoms with van der Waals surface area (Å²) in [6, 6.07) is 16.0. The Hall–Kier alpha value is -2.20. The van der Waals surface area contributed by atoms with Gasteiger partial charge in [-0.1, -0.05) is 36.4 Å². The highest BCUT2D eigenvalue weighted by atomic mass is 19.1. The highest BCUT2D eigenvalue weighted by Gasteiger charge is 2.34. The fraction of sp³-hybridized carbons (Fsp3) is 0.316. The van der Waals surface area contributed by atoms with Crippen molar-refractivity contribution in [1.82, 2.24) is 5.32 Å². The number of hydrogen-bond acceptors (Lipinski definition) is 2. The van der Waals surface area contributed by atoms with Crippen molar-refractivity contribution in [1.29, 1.82) is 0 Å². The summed E-state index contributed by atoms with van der Waals surface area (Å²) in [5.41, 5.74) is 1.44. The lowest BCUT2D eigenvalue weighted by Gasteiger charge is -2.38. The van der Waals surface area contributed by atoms with Crippen molar-refractivity contribution < 1.29 is 13.9 Å². The van der Waals surface area contributed by atoms with Crippen molar-refractivity contribution in [3.8, 4) is 0 Å². The fourth-order valence-corrected chi connectivity index (χ4v) is 3.10. The van der Waals surface area contributed by atoms with E-state index >= 15 is 0 Å². The van der Waals surface area contributed by atoms with Crippen LogP contribution in [0.4, 0.5) is 4.39 Å². The van der Waals surface area contributed by atoms with Crippen LogP contribution in [0.3, 0.4) is 0 Å². The van der Waals surface area contributed by atoms with Crippen LogP contribution in [0.5, 0.6) is 0 Å². The van der Waals surface area contributed by atoms with E-state index in [4.69, 9.17) is 4.74 Å². The van der Waals surface area contributed by atoms with Crippen LogP contribution in [0, 0.1) is 5.82 Å². The van der Waals surface area contributed by atoms with E-state index in [0.717, 1.165) is 12.8 Å². The third-order valence-corrected chi connectivity index (χ3v) is 4.51. The number of carbonyl (C=O) groups is 1. The fourth-order valence-electron chi connectivity index (χ4n) is 3.10. The summed E-state index contributed by atoms with van der Waals surface area (Å²) < 4.78 is 18.8. The number of benzene rings is 2. The molecule has 1 N–H and O–H groups in total. The molecule has 1 aliphatic rings. The van der Waals surface area contributed by atoms with Gasteiger partial charge < -0.3 is 10.1 Å². The number of hydrogen-bond donors (Lipinski definition) is 1. The van der Waals surface area contributed by atoms with Gasteiger partial charge in [0.25, 0.3) is 5.91 Å². The Kier molecular flexibility index (Phi) is 4.72. The van der Waals surface area contributed by atoms with Gasteiger partial charge in [0.1, 0.15) is 5.82 Å². The van der Waals surface area contributed by atoms with Gasteiger partial charge in [-0.3, -0.25) is 4.79 Å². The van der Waals surface area contributed by atoms with E-state index in [1.807, 2.05) is 18.2 Å². The number of halogens is 1. The number of rotatable bonds is 4. The smallest absolute Gasteiger partial charge is 0.251 e. The van der Waals surface area contributed by atoms with Gasteiger partial charge in [0, 0.05) is 30.7 Å². The maximum atomic E-state index is 13.3. The molecule has 0 bridgehead atoms. The Morgan fingerprint density at radius 3 is 2.52 bits per heavy atom. The summed E-state index contributed by atoms with van der Waals surface area (Å²) in [5.74, 6) is -0.646. The molecule has 1 amide bonds. The van der Waals surface area contributed by atoms with Crippen LogP contribution in [0.25, 0.3) is 0 Å². The van der Waals surface area contributed by atoms with Gasteiger partial charge in [-0.15, -0.1) is 0 Å². The van der Waals surface area contributed by atoms with Crippen molar-refractivity contribution in [2.45, 2.75) is 18.3 Å². The molecule has 0 radical (unpaired) electrons. The second-order valence-corrected chi connectivity index (χ2v) is 5.95. The van der Waals surface area contributed by atoms with E-state index in [1.165, 1.54) is 17.7 Å². The first kappa shape index (κ1) is 15.7. The van der Waals surface area contributed by atoms with E-state index in [-0.39, 0.29) is 11.3 Å². The van der Waals surface area contributed by atoms with E-state index in [9.17, 15) is 9.18 Å². The maximum absolute atomic E-state index is 13.3. The van der Waals surface area contributed by atoms with Gasteiger partial charge in [-0.05, 0) is 36.6 Å². The van der Waals surface area contributed by atoms with Crippen LogP contribution in [-0.4, -0.2) is 25.7 Å². The molecule has 0 unspecified atom stereocenters. The lowest BCUT2D eigenvalue weighted by atomic mass is 9.74. The molecule has 2 aromatic rings. The second kappa shape index (κ2) is 6.92. The van der Waals surface area contributed by atoms with Crippen LogP contribution in [0.15, 0.2) is 54.6 Å². The van der Waals surface area contributed by atoms with Crippen LogP contribution in [0.1, 0.15) is 28.8 Å². The summed E-state index contributed by atoms with van der Waals surface area (Å²) in [7, 11) is 0. The number of amides is 1. The summed E-state index contributed by atoms with van der Waals surface area (Å²) in [6.45, 7) is 1.89. The van der Waals surface area contributed by atoms with Crippen LogP contribution >= 0.6 is 0 Å². The highest BCUT2D eigenvalue weighted by molar-refractivity contribution is 5.94. The van der Waals surface area contributed by atoms with Crippen molar-refractivity contribution in [3.05, 3.63) is 71.5 Å². The SMILES string of the molecule is O=C(NCC1(c2ccccc2)CCOCC1)c1cccc(F)c1. The van der Waals surface area contributed by atoms with Crippen LogP contribution < -0.4 is 5.32 Å². The Morgan fingerprint density at radius 2 is 1.83 bits per heavy atom. The molecule has 3 nitrogen and oxygen atoms in total. The number of nitrogens with one attached hydrogen (secondary N) is 1. The molecule has 1 heterocycles. The van der Waals surface area contributed by atoms with Crippen molar-refractivity contribution in [2.24, 2.45) is 0 Å². The second-order valence-electron chi connectivity index (χ2n) is 5.95. The molecular weight excluding hydrogens is 293 g/mol. The number of carbonyl (C=O) groups excluding carboxylic acids is 1. The minimum atomic E-state index is -0.401. The summed E-state index contributed by atoms with van der Waals surface area (Å²) in [4.78, 5) is 12.3. The molecule has 0 spiro atoms. The highest BCUT2D eigenvalue weighted by Crippen LogP contribution is 2.34. The quantitative estimate of drug-likeness (QED) is 0.940. The topological polar surface area (TPSA) is 38.3 Å². The third kappa shape index (κ3) is 3.59. The molecule has 0 aliphatic carbocycles. The summed E-state index contributed by atoms with van der Waals surface area (Å²) in [5, 5.41) is 2.97. The standard InChI is InChI=1S/C19H20FNO2/c20-17-8-4-5-15(13-17)18(22)21-14-19(9-11-23-12-10-19)16-6-2-1-3-7-16/h1-8,13H,9-12,14H2,(H,21,22). The minimum absolute atomic E-state index is 0.123. The first-order chi connectivity index (χ1) is 11.2. The van der Waals surface area contributed by atoms with E-state index in [2.05, 4.69) is 17.4 Å². The van der Waals surface area contributed by atoms with Gasteiger partial charge in [0.05, 0.1) is 0 Å². The minimum Gasteiger partial charge on any atom is -0.381 e. The largest absolute Gasteiger partial charge is 0.381 e. The first-order valence-electron chi connectivity index (χ1n) is 7.87. The zero-order valence-electron chi connectivity index (χ0n) is 12.9.